The zero-order valence-electron chi connectivity index (χ0n) is 20.8. The Kier molecular flexibility index (Phi) is 6.82. The Morgan fingerprint density at radius 2 is 1.51 bits per heavy atom. The number of fused-ring (bicyclic) bond motifs is 3. The lowest BCUT2D eigenvalue weighted by molar-refractivity contribution is -0.117. The number of anilines is 1. The van der Waals surface area contributed by atoms with Gasteiger partial charge in [-0.1, -0.05) is 66.2 Å². The van der Waals surface area contributed by atoms with E-state index in [4.69, 9.17) is 0 Å². The van der Waals surface area contributed by atoms with Crippen molar-refractivity contribution in [3.05, 3.63) is 108 Å². The Hall–Kier alpha value is -3.94. The molecular formula is C30H29N3O3S. The fraction of sp³-hybridized carbons (Fsp3) is 0.167. The van der Waals surface area contributed by atoms with E-state index in [0.29, 0.717) is 5.69 Å². The van der Waals surface area contributed by atoms with Crippen molar-refractivity contribution in [3.8, 4) is 0 Å². The smallest absolute Gasteiger partial charge is 0.242 e. The fourth-order valence-electron chi connectivity index (χ4n) is 4.71. The highest BCUT2D eigenvalue weighted by atomic mass is 32.2. The first kappa shape index (κ1) is 24.7. The monoisotopic (exact) mass is 511 g/mol. The summed E-state index contributed by atoms with van der Waals surface area (Å²) in [4.78, 5) is 13.6. The molecule has 37 heavy (non-hydrogen) atoms. The fourth-order valence-corrected chi connectivity index (χ4v) is 5.91. The summed E-state index contributed by atoms with van der Waals surface area (Å²) in [6.45, 7) is 4.83. The Balaban J connectivity index is 1.46. The lowest BCUT2D eigenvalue weighted by atomic mass is 10.1. The van der Waals surface area contributed by atoms with Crippen molar-refractivity contribution in [1.29, 1.82) is 0 Å². The molecule has 0 saturated heterocycles. The van der Waals surface area contributed by atoms with E-state index in [1.165, 1.54) is 0 Å². The van der Waals surface area contributed by atoms with E-state index in [-0.39, 0.29) is 11.3 Å². The maximum Gasteiger partial charge on any atom is 0.242 e. The summed E-state index contributed by atoms with van der Waals surface area (Å²) in [7, 11) is -3.91. The number of hydrogen-bond acceptors (Lipinski definition) is 3. The molecule has 5 rings (SSSR count). The van der Waals surface area contributed by atoms with Gasteiger partial charge in [-0.15, -0.1) is 0 Å². The first-order valence-corrected chi connectivity index (χ1v) is 13.8. The summed E-state index contributed by atoms with van der Waals surface area (Å²) in [5.74, 6) is -0.418. The Morgan fingerprint density at radius 1 is 0.838 bits per heavy atom. The molecule has 1 amide bonds. The van der Waals surface area contributed by atoms with Gasteiger partial charge in [0.15, 0.2) is 0 Å². The zero-order valence-corrected chi connectivity index (χ0v) is 21.6. The molecule has 7 heteroatoms. The second-order valence-corrected chi connectivity index (χ2v) is 10.9. The quantitative estimate of drug-likeness (QED) is 0.282. The SMILES string of the molecule is CCn1c2ccccc2c2cc(NC(=O)[C@@H](Cc3ccccc3)NS(=O)(=O)c3ccc(C)cc3)ccc21. The number of carbonyl (C=O) groups is 1. The zero-order chi connectivity index (χ0) is 26.0. The highest BCUT2D eigenvalue weighted by molar-refractivity contribution is 7.89. The van der Waals surface area contributed by atoms with Crippen molar-refractivity contribution in [2.45, 2.75) is 37.8 Å². The average molecular weight is 512 g/mol. The summed E-state index contributed by atoms with van der Waals surface area (Å²) in [5, 5.41) is 5.10. The van der Waals surface area contributed by atoms with Gasteiger partial charge in [-0.25, -0.2) is 8.42 Å². The molecule has 2 N–H and O–H groups in total. The van der Waals surface area contributed by atoms with E-state index < -0.39 is 22.0 Å². The molecule has 4 aromatic carbocycles. The van der Waals surface area contributed by atoms with Gasteiger partial charge >= 0.3 is 0 Å². The largest absolute Gasteiger partial charge is 0.341 e. The number of nitrogens with zero attached hydrogens (tertiary/aromatic N) is 1. The van der Waals surface area contributed by atoms with Crippen molar-refractivity contribution in [3.63, 3.8) is 0 Å². The minimum atomic E-state index is -3.91. The molecule has 5 aromatic rings. The highest BCUT2D eigenvalue weighted by Gasteiger charge is 2.26. The molecule has 0 aliphatic heterocycles. The summed E-state index contributed by atoms with van der Waals surface area (Å²) in [6.07, 6.45) is 0.217. The van der Waals surface area contributed by atoms with E-state index in [9.17, 15) is 13.2 Å². The van der Waals surface area contributed by atoms with Crippen LogP contribution in [0.1, 0.15) is 18.1 Å². The number of nitrogens with one attached hydrogen (secondary N) is 2. The molecule has 1 atom stereocenters. The van der Waals surface area contributed by atoms with Gasteiger partial charge in [-0.05, 0) is 62.2 Å². The van der Waals surface area contributed by atoms with Gasteiger partial charge in [-0.3, -0.25) is 4.79 Å². The predicted octanol–water partition coefficient (Wildman–Crippen LogP) is 5.65. The number of rotatable bonds is 8. The van der Waals surface area contributed by atoms with Crippen LogP contribution in [0.15, 0.2) is 102 Å². The van der Waals surface area contributed by atoms with Crippen LogP contribution in [-0.4, -0.2) is 24.9 Å². The normalized spacial score (nSPS) is 12.6. The number of sulfonamides is 1. The number of aromatic nitrogens is 1. The molecule has 0 aliphatic carbocycles. The van der Waals surface area contributed by atoms with Gasteiger partial charge in [0, 0.05) is 34.0 Å². The van der Waals surface area contributed by atoms with Crippen LogP contribution >= 0.6 is 0 Å². The number of benzene rings is 4. The van der Waals surface area contributed by atoms with Gasteiger partial charge in [0.05, 0.1) is 4.90 Å². The number of aryl methyl sites for hydroxylation is 2. The topological polar surface area (TPSA) is 80.2 Å². The number of hydrogen-bond donors (Lipinski definition) is 2. The summed E-state index contributed by atoms with van der Waals surface area (Å²) in [6, 6.07) is 29.0. The molecule has 6 nitrogen and oxygen atoms in total. The maximum absolute atomic E-state index is 13.5. The number of carbonyl (C=O) groups excluding carboxylic acids is 1. The van der Waals surface area contributed by atoms with Crippen LogP contribution in [0.25, 0.3) is 21.8 Å². The van der Waals surface area contributed by atoms with Gasteiger partial charge in [0.25, 0.3) is 0 Å². The third-order valence-corrected chi connectivity index (χ3v) is 8.07. The first-order chi connectivity index (χ1) is 17.9. The van der Waals surface area contributed by atoms with Crippen LogP contribution in [0.3, 0.4) is 0 Å². The van der Waals surface area contributed by atoms with Crippen molar-refractivity contribution in [1.82, 2.24) is 9.29 Å². The van der Waals surface area contributed by atoms with Crippen molar-refractivity contribution in [2.75, 3.05) is 5.32 Å². The minimum absolute atomic E-state index is 0.123. The second-order valence-electron chi connectivity index (χ2n) is 9.16. The standard InChI is InChI=1S/C30H29N3O3S/c1-3-33-28-12-8-7-11-25(28)26-20-23(15-18-29(26)33)31-30(34)27(19-22-9-5-4-6-10-22)32-37(35,36)24-16-13-21(2)14-17-24/h4-18,20,27,32H,3,19H2,1-2H3,(H,31,34)/t27-/m1/s1. The molecule has 0 spiro atoms. The third-order valence-electron chi connectivity index (χ3n) is 6.58. The van der Waals surface area contributed by atoms with Crippen molar-refractivity contribution >= 4 is 43.4 Å². The lowest BCUT2D eigenvalue weighted by Gasteiger charge is -2.19. The van der Waals surface area contributed by atoms with Gasteiger partial charge in [-0.2, -0.15) is 4.72 Å². The average Bonchev–Trinajstić information content (AvgIpc) is 3.22. The molecule has 0 aliphatic rings. The molecule has 1 aromatic heterocycles. The lowest BCUT2D eigenvalue weighted by Crippen LogP contribution is -2.45. The molecule has 0 saturated carbocycles. The predicted molar refractivity (Wildman–Crippen MR) is 149 cm³/mol. The second kappa shape index (κ2) is 10.2. The highest BCUT2D eigenvalue weighted by Crippen LogP contribution is 2.31. The Labute approximate surface area is 217 Å². The molecule has 188 valence electrons. The maximum atomic E-state index is 13.5. The van der Waals surface area contributed by atoms with E-state index in [0.717, 1.165) is 39.5 Å². The van der Waals surface area contributed by atoms with Crippen LogP contribution in [0.4, 0.5) is 5.69 Å². The molecule has 0 bridgehead atoms. The van der Waals surface area contributed by atoms with Crippen molar-refractivity contribution < 1.29 is 13.2 Å². The van der Waals surface area contributed by atoms with Crippen LogP contribution in [-0.2, 0) is 27.8 Å². The number of para-hydroxylation sites is 1. The molecule has 0 fully saturated rings. The molecule has 1 heterocycles. The van der Waals surface area contributed by atoms with Crippen molar-refractivity contribution in [2.24, 2.45) is 0 Å². The van der Waals surface area contributed by atoms with E-state index >= 15 is 0 Å². The Bertz CT molecular complexity index is 1670. The Morgan fingerprint density at radius 3 is 2.24 bits per heavy atom. The van der Waals surface area contributed by atoms with Gasteiger partial charge < -0.3 is 9.88 Å². The summed E-state index contributed by atoms with van der Waals surface area (Å²) in [5.41, 5.74) is 4.65. The summed E-state index contributed by atoms with van der Waals surface area (Å²) < 4.78 is 31.2. The third kappa shape index (κ3) is 5.14. The first-order valence-electron chi connectivity index (χ1n) is 12.3. The number of amides is 1. The molecule has 0 radical (unpaired) electrons. The van der Waals surface area contributed by atoms with E-state index in [1.807, 2.05) is 67.6 Å². The minimum Gasteiger partial charge on any atom is -0.341 e. The van der Waals surface area contributed by atoms with Crippen LogP contribution < -0.4 is 10.0 Å². The van der Waals surface area contributed by atoms with Crippen LogP contribution in [0.5, 0.6) is 0 Å². The van der Waals surface area contributed by atoms with E-state index in [1.54, 1.807) is 24.3 Å². The van der Waals surface area contributed by atoms with Crippen LogP contribution in [0.2, 0.25) is 0 Å². The van der Waals surface area contributed by atoms with Crippen LogP contribution in [0, 0.1) is 6.92 Å². The summed E-state index contributed by atoms with van der Waals surface area (Å²) >= 11 is 0. The van der Waals surface area contributed by atoms with Gasteiger partial charge in [0.1, 0.15) is 6.04 Å². The molecule has 0 unspecified atom stereocenters. The molecular weight excluding hydrogens is 482 g/mol. The van der Waals surface area contributed by atoms with Gasteiger partial charge in [0.2, 0.25) is 15.9 Å². The van der Waals surface area contributed by atoms with E-state index in [2.05, 4.69) is 33.7 Å².